The molecule has 0 unspecified atom stereocenters. The van der Waals surface area contributed by atoms with Crippen molar-refractivity contribution in [1.82, 2.24) is 9.80 Å². The van der Waals surface area contributed by atoms with Gasteiger partial charge < -0.3 is 15.4 Å². The number of nitrogen functional groups attached to an aromatic ring is 1. The van der Waals surface area contributed by atoms with Crippen LogP contribution in [-0.2, 0) is 11.3 Å². The minimum atomic E-state index is -0.462. The Kier molecular flexibility index (Phi) is 5.64. The third-order valence-corrected chi connectivity index (χ3v) is 4.56. The third kappa shape index (κ3) is 4.67. The van der Waals surface area contributed by atoms with Gasteiger partial charge in [0.1, 0.15) is 5.60 Å². The molecule has 25 heavy (non-hydrogen) atoms. The van der Waals surface area contributed by atoms with Crippen LogP contribution in [0.3, 0.4) is 0 Å². The van der Waals surface area contributed by atoms with Crippen molar-refractivity contribution in [3.8, 4) is 12.3 Å². The first-order valence-electron chi connectivity index (χ1n) is 8.68. The van der Waals surface area contributed by atoms with E-state index in [1.807, 2.05) is 40.7 Å². The van der Waals surface area contributed by atoms with E-state index in [1.165, 1.54) is 0 Å². The summed E-state index contributed by atoms with van der Waals surface area (Å²) in [6, 6.07) is 2.02. The first-order chi connectivity index (χ1) is 11.6. The number of ether oxygens (including phenoxy) is 1. The molecule has 5 heteroatoms. The highest BCUT2D eigenvalue weighted by atomic mass is 16.6. The number of carbonyl (C=O) groups is 1. The number of anilines is 1. The topological polar surface area (TPSA) is 58.8 Å². The summed E-state index contributed by atoms with van der Waals surface area (Å²) < 4.78 is 5.44. The Balaban J connectivity index is 2.00. The second kappa shape index (κ2) is 7.37. The van der Waals surface area contributed by atoms with Gasteiger partial charge in [-0.05, 0) is 57.4 Å². The molecule has 0 aromatic heterocycles. The molecule has 1 heterocycles. The van der Waals surface area contributed by atoms with Gasteiger partial charge in [0.05, 0.1) is 0 Å². The number of benzene rings is 1. The van der Waals surface area contributed by atoms with E-state index < -0.39 is 5.60 Å². The van der Waals surface area contributed by atoms with E-state index in [2.05, 4.69) is 10.8 Å². The molecular formula is C20H29N3O2. The molecule has 1 aliphatic heterocycles. The third-order valence-electron chi connectivity index (χ3n) is 4.56. The van der Waals surface area contributed by atoms with Crippen molar-refractivity contribution >= 4 is 11.8 Å². The fourth-order valence-electron chi connectivity index (χ4n) is 3.03. The van der Waals surface area contributed by atoms with Crippen molar-refractivity contribution in [2.24, 2.45) is 0 Å². The second-order valence-electron chi connectivity index (χ2n) is 7.64. The summed E-state index contributed by atoms with van der Waals surface area (Å²) in [6.07, 6.45) is 5.41. The van der Waals surface area contributed by atoms with Gasteiger partial charge in [0.25, 0.3) is 0 Å². The molecule has 2 rings (SSSR count). The lowest BCUT2D eigenvalue weighted by Gasteiger charge is -2.36. The average molecular weight is 343 g/mol. The summed E-state index contributed by atoms with van der Waals surface area (Å²) in [4.78, 5) is 16.2. The Hall–Kier alpha value is -2.19. The van der Waals surface area contributed by atoms with Gasteiger partial charge in [0.2, 0.25) is 0 Å². The van der Waals surface area contributed by atoms with Crippen LogP contribution >= 0.6 is 0 Å². The Labute approximate surface area is 151 Å². The number of carbonyl (C=O) groups excluding carboxylic acids is 1. The maximum absolute atomic E-state index is 12.1. The highest BCUT2D eigenvalue weighted by Crippen LogP contribution is 2.25. The molecule has 0 spiro atoms. The fraction of sp³-hybridized carbons (Fsp3) is 0.550. The van der Waals surface area contributed by atoms with E-state index in [4.69, 9.17) is 16.9 Å². The monoisotopic (exact) mass is 343 g/mol. The number of amides is 1. The predicted molar refractivity (Wildman–Crippen MR) is 101 cm³/mol. The Morgan fingerprint density at radius 1 is 1.24 bits per heavy atom. The molecule has 2 N–H and O–H groups in total. The van der Waals surface area contributed by atoms with Crippen LogP contribution in [0.4, 0.5) is 10.5 Å². The van der Waals surface area contributed by atoms with Gasteiger partial charge >= 0.3 is 6.09 Å². The van der Waals surface area contributed by atoms with Gasteiger partial charge in [-0.25, -0.2) is 4.79 Å². The smallest absolute Gasteiger partial charge is 0.410 e. The molecule has 0 bridgehead atoms. The molecule has 1 aromatic rings. The lowest BCUT2D eigenvalue weighted by Crippen LogP contribution is -2.49. The molecular weight excluding hydrogens is 314 g/mol. The lowest BCUT2D eigenvalue weighted by atomic mass is 9.96. The van der Waals surface area contributed by atoms with E-state index in [9.17, 15) is 4.79 Å². The quantitative estimate of drug-likeness (QED) is 0.663. The van der Waals surface area contributed by atoms with Crippen LogP contribution < -0.4 is 5.73 Å². The minimum absolute atomic E-state index is 0.238. The molecule has 5 nitrogen and oxygen atoms in total. The molecule has 0 saturated carbocycles. The number of nitrogens with two attached hydrogens (primary N) is 1. The number of terminal acetylenes is 1. The van der Waals surface area contributed by atoms with Crippen molar-refractivity contribution in [1.29, 1.82) is 0 Å². The van der Waals surface area contributed by atoms with E-state index in [1.54, 1.807) is 4.90 Å². The minimum Gasteiger partial charge on any atom is -0.444 e. The van der Waals surface area contributed by atoms with E-state index in [0.29, 0.717) is 13.1 Å². The number of nitrogens with zero attached hydrogens (tertiary/aromatic N) is 2. The summed E-state index contributed by atoms with van der Waals surface area (Å²) in [5.41, 5.74) is 10.5. The van der Waals surface area contributed by atoms with Gasteiger partial charge in [-0.1, -0.05) is 5.92 Å². The van der Waals surface area contributed by atoms with E-state index >= 15 is 0 Å². The molecule has 0 aliphatic carbocycles. The molecule has 1 aliphatic rings. The fourth-order valence-corrected chi connectivity index (χ4v) is 3.03. The maximum Gasteiger partial charge on any atom is 0.410 e. The Morgan fingerprint density at radius 2 is 1.84 bits per heavy atom. The maximum atomic E-state index is 12.1. The molecule has 1 saturated heterocycles. The highest BCUT2D eigenvalue weighted by molar-refractivity contribution is 5.68. The zero-order valence-corrected chi connectivity index (χ0v) is 16.0. The SMILES string of the molecule is C#Cc1c(C)c(N)cc(CN2CCN(C(=O)OC(C)(C)C)CC2)c1C. The summed E-state index contributed by atoms with van der Waals surface area (Å²) in [5, 5.41) is 0. The molecule has 1 amide bonds. The van der Waals surface area contributed by atoms with Crippen LogP contribution in [-0.4, -0.2) is 47.7 Å². The number of hydrogen-bond acceptors (Lipinski definition) is 4. The van der Waals surface area contributed by atoms with Crippen molar-refractivity contribution in [2.45, 2.75) is 46.8 Å². The van der Waals surface area contributed by atoms with Crippen LogP contribution in [0, 0.1) is 26.2 Å². The first-order valence-corrected chi connectivity index (χ1v) is 8.68. The van der Waals surface area contributed by atoms with Crippen molar-refractivity contribution in [2.75, 3.05) is 31.9 Å². The normalized spacial score (nSPS) is 15.8. The number of hydrogen-bond donors (Lipinski definition) is 1. The lowest BCUT2D eigenvalue weighted by molar-refractivity contribution is 0.0139. The van der Waals surface area contributed by atoms with Gasteiger partial charge in [0.15, 0.2) is 0 Å². The molecule has 136 valence electrons. The Morgan fingerprint density at radius 3 is 2.36 bits per heavy atom. The predicted octanol–water partition coefficient (Wildman–Crippen LogP) is 2.92. The van der Waals surface area contributed by atoms with Crippen molar-refractivity contribution in [3.05, 3.63) is 28.3 Å². The van der Waals surface area contributed by atoms with Crippen LogP contribution in [0.5, 0.6) is 0 Å². The van der Waals surface area contributed by atoms with Crippen molar-refractivity contribution in [3.63, 3.8) is 0 Å². The van der Waals surface area contributed by atoms with Crippen LogP contribution in [0.1, 0.15) is 43.0 Å². The zero-order valence-electron chi connectivity index (χ0n) is 16.0. The number of piperazine rings is 1. The van der Waals surface area contributed by atoms with Gasteiger partial charge in [0, 0.05) is 44.0 Å². The molecule has 0 atom stereocenters. The first kappa shape index (κ1) is 19.1. The van der Waals surface area contributed by atoms with E-state index in [-0.39, 0.29) is 6.09 Å². The van der Waals surface area contributed by atoms with Gasteiger partial charge in [-0.15, -0.1) is 6.42 Å². The number of rotatable bonds is 2. The second-order valence-corrected chi connectivity index (χ2v) is 7.64. The standard InChI is InChI=1S/C20H29N3O2/c1-7-17-14(2)16(12-18(21)15(17)3)13-22-8-10-23(11-9-22)19(24)25-20(4,5)6/h1,12H,8-11,13,21H2,2-6H3. The summed E-state index contributed by atoms with van der Waals surface area (Å²) in [5.74, 6) is 2.76. The molecule has 1 aromatic carbocycles. The van der Waals surface area contributed by atoms with Gasteiger partial charge in [-0.2, -0.15) is 0 Å². The zero-order chi connectivity index (χ0) is 18.8. The summed E-state index contributed by atoms with van der Waals surface area (Å²) in [7, 11) is 0. The van der Waals surface area contributed by atoms with Crippen molar-refractivity contribution < 1.29 is 9.53 Å². The van der Waals surface area contributed by atoms with E-state index in [0.717, 1.165) is 47.6 Å². The van der Waals surface area contributed by atoms with Crippen LogP contribution in [0.25, 0.3) is 0 Å². The summed E-state index contributed by atoms with van der Waals surface area (Å²) in [6.45, 7) is 13.4. The summed E-state index contributed by atoms with van der Waals surface area (Å²) >= 11 is 0. The molecule has 0 radical (unpaired) electrons. The van der Waals surface area contributed by atoms with Gasteiger partial charge in [-0.3, -0.25) is 4.90 Å². The van der Waals surface area contributed by atoms with Crippen LogP contribution in [0.2, 0.25) is 0 Å². The largest absolute Gasteiger partial charge is 0.444 e. The Bertz CT molecular complexity index is 690. The van der Waals surface area contributed by atoms with Crippen LogP contribution in [0.15, 0.2) is 6.07 Å². The highest BCUT2D eigenvalue weighted by Gasteiger charge is 2.26. The average Bonchev–Trinajstić information content (AvgIpc) is 2.52. The molecule has 1 fully saturated rings.